The van der Waals surface area contributed by atoms with Crippen molar-refractivity contribution in [1.82, 2.24) is 9.38 Å². The summed E-state index contributed by atoms with van der Waals surface area (Å²) in [6.07, 6.45) is 2.75. The minimum Gasteiger partial charge on any atom is -0.437 e. The summed E-state index contributed by atoms with van der Waals surface area (Å²) >= 11 is 1.60. The van der Waals surface area contributed by atoms with Gasteiger partial charge in [-0.1, -0.05) is 17.7 Å². The molecule has 0 aliphatic rings. The van der Waals surface area contributed by atoms with Gasteiger partial charge in [-0.15, -0.1) is 11.3 Å². The van der Waals surface area contributed by atoms with Crippen LogP contribution < -0.4 is 10.5 Å². The molecule has 104 valence electrons. The quantitative estimate of drug-likeness (QED) is 0.801. The highest BCUT2D eigenvalue weighted by Crippen LogP contribution is 2.30. The number of aryl methyl sites for hydroxylation is 2. The van der Waals surface area contributed by atoms with Crippen LogP contribution in [-0.4, -0.2) is 15.9 Å². The number of benzene rings is 1. The van der Waals surface area contributed by atoms with Gasteiger partial charge in [-0.3, -0.25) is 4.40 Å². The van der Waals surface area contributed by atoms with E-state index in [-0.39, 0.29) is 0 Å². The average molecular weight is 287 g/mol. The number of rotatable bonds is 4. The lowest BCUT2D eigenvalue weighted by Gasteiger charge is -2.08. The molecule has 0 atom stereocenters. The molecule has 5 heteroatoms. The Hall–Kier alpha value is -1.85. The molecule has 0 saturated heterocycles. The van der Waals surface area contributed by atoms with Gasteiger partial charge in [-0.2, -0.15) is 4.98 Å². The lowest BCUT2D eigenvalue weighted by molar-refractivity contribution is 0.455. The second-order valence-corrected chi connectivity index (χ2v) is 5.70. The van der Waals surface area contributed by atoms with Crippen molar-refractivity contribution >= 4 is 16.3 Å². The number of fused-ring (bicyclic) bond motifs is 1. The van der Waals surface area contributed by atoms with Gasteiger partial charge in [0.1, 0.15) is 5.75 Å². The summed E-state index contributed by atoms with van der Waals surface area (Å²) in [7, 11) is 0. The minimum atomic E-state index is 0.576. The van der Waals surface area contributed by atoms with Crippen LogP contribution in [0.1, 0.15) is 16.8 Å². The van der Waals surface area contributed by atoms with E-state index in [9.17, 15) is 0 Å². The molecule has 2 N–H and O–H groups in total. The summed E-state index contributed by atoms with van der Waals surface area (Å²) in [5.41, 5.74) is 9.07. The summed E-state index contributed by atoms with van der Waals surface area (Å²) in [6.45, 7) is 4.69. The Kier molecular flexibility index (Phi) is 3.46. The fourth-order valence-electron chi connectivity index (χ4n) is 2.28. The van der Waals surface area contributed by atoms with Gasteiger partial charge in [0.25, 0.3) is 0 Å². The van der Waals surface area contributed by atoms with Crippen LogP contribution in [0.5, 0.6) is 11.6 Å². The highest BCUT2D eigenvalue weighted by atomic mass is 32.1. The van der Waals surface area contributed by atoms with E-state index in [2.05, 4.69) is 22.4 Å². The monoisotopic (exact) mass is 287 g/mol. The number of ether oxygens (including phenoxy) is 1. The number of aromatic nitrogens is 2. The number of hydrogen-bond acceptors (Lipinski definition) is 4. The van der Waals surface area contributed by atoms with Crippen LogP contribution >= 0.6 is 11.3 Å². The molecular formula is C15H17N3OS. The molecule has 0 spiro atoms. The molecule has 3 aromatic rings. The van der Waals surface area contributed by atoms with E-state index in [0.29, 0.717) is 12.4 Å². The maximum atomic E-state index is 6.01. The molecule has 0 fully saturated rings. The Morgan fingerprint density at radius 2 is 2.20 bits per heavy atom. The molecule has 20 heavy (non-hydrogen) atoms. The summed E-state index contributed by atoms with van der Waals surface area (Å²) in [5.74, 6) is 1.51. The van der Waals surface area contributed by atoms with Crippen molar-refractivity contribution < 1.29 is 4.74 Å². The van der Waals surface area contributed by atoms with Gasteiger partial charge in [-0.05, 0) is 32.0 Å². The fraction of sp³-hybridized carbons (Fsp3) is 0.267. The van der Waals surface area contributed by atoms with Crippen LogP contribution in [0.2, 0.25) is 0 Å². The van der Waals surface area contributed by atoms with Crippen molar-refractivity contribution in [1.29, 1.82) is 0 Å². The summed E-state index contributed by atoms with van der Waals surface area (Å²) in [5, 5.41) is 2.02. The first-order valence-electron chi connectivity index (χ1n) is 6.58. The van der Waals surface area contributed by atoms with Gasteiger partial charge < -0.3 is 10.5 Å². The Labute approximate surface area is 121 Å². The second-order valence-electron chi connectivity index (χ2n) is 4.83. The molecule has 0 saturated carbocycles. The largest absolute Gasteiger partial charge is 0.437 e. The number of nitrogens with two attached hydrogens (primary N) is 1. The van der Waals surface area contributed by atoms with E-state index in [1.165, 1.54) is 5.56 Å². The van der Waals surface area contributed by atoms with Crippen molar-refractivity contribution in [3.8, 4) is 11.6 Å². The van der Waals surface area contributed by atoms with E-state index in [1.54, 1.807) is 11.3 Å². The number of hydrogen-bond donors (Lipinski definition) is 1. The molecule has 2 heterocycles. The summed E-state index contributed by atoms with van der Waals surface area (Å²) in [6, 6.07) is 6.14. The zero-order valence-electron chi connectivity index (χ0n) is 11.6. The minimum absolute atomic E-state index is 0.576. The lowest BCUT2D eigenvalue weighted by Crippen LogP contribution is -2.05. The molecule has 0 radical (unpaired) electrons. The third-order valence-corrected chi connectivity index (χ3v) is 4.00. The zero-order valence-corrected chi connectivity index (χ0v) is 12.4. The van der Waals surface area contributed by atoms with Gasteiger partial charge in [0.2, 0.25) is 5.88 Å². The molecule has 0 aliphatic heterocycles. The van der Waals surface area contributed by atoms with E-state index >= 15 is 0 Å². The first-order valence-corrected chi connectivity index (χ1v) is 7.46. The Morgan fingerprint density at radius 1 is 1.35 bits per heavy atom. The van der Waals surface area contributed by atoms with Crippen molar-refractivity contribution in [2.75, 3.05) is 6.54 Å². The molecule has 3 rings (SSSR count). The van der Waals surface area contributed by atoms with Gasteiger partial charge >= 0.3 is 0 Å². The normalized spacial score (nSPS) is 11.2. The second kappa shape index (κ2) is 5.26. The highest BCUT2D eigenvalue weighted by Gasteiger charge is 2.15. The van der Waals surface area contributed by atoms with Gasteiger partial charge in [0.15, 0.2) is 4.96 Å². The van der Waals surface area contributed by atoms with Crippen LogP contribution in [0, 0.1) is 13.8 Å². The third kappa shape index (κ3) is 2.30. The number of thiazole rings is 1. The van der Waals surface area contributed by atoms with Crippen molar-refractivity contribution in [3.63, 3.8) is 0 Å². The van der Waals surface area contributed by atoms with E-state index in [4.69, 9.17) is 10.5 Å². The summed E-state index contributed by atoms with van der Waals surface area (Å²) in [4.78, 5) is 5.49. The van der Waals surface area contributed by atoms with Crippen LogP contribution in [0.15, 0.2) is 29.8 Å². The smallest absolute Gasteiger partial charge is 0.242 e. The first kappa shape index (κ1) is 13.1. The number of imidazole rings is 1. The lowest BCUT2D eigenvalue weighted by atomic mass is 10.1. The average Bonchev–Trinajstić information content (AvgIpc) is 2.96. The van der Waals surface area contributed by atoms with Gasteiger partial charge in [0.05, 0.1) is 5.69 Å². The predicted octanol–water partition coefficient (Wildman–Crippen LogP) is 3.31. The third-order valence-electron chi connectivity index (χ3n) is 3.24. The topological polar surface area (TPSA) is 52.5 Å². The molecule has 0 amide bonds. The molecule has 2 aromatic heterocycles. The Balaban J connectivity index is 2.01. The van der Waals surface area contributed by atoms with Crippen molar-refractivity contribution in [2.45, 2.75) is 20.3 Å². The summed E-state index contributed by atoms with van der Waals surface area (Å²) < 4.78 is 8.06. The van der Waals surface area contributed by atoms with Crippen LogP contribution in [-0.2, 0) is 6.42 Å². The highest BCUT2D eigenvalue weighted by molar-refractivity contribution is 7.15. The standard InChI is InChI=1S/C15H17N3OS/c1-10-3-4-13(11(2)9-10)19-14-12(5-6-16)18-7-8-20-15(18)17-14/h3-4,7-9H,5-6,16H2,1-2H3. The van der Waals surface area contributed by atoms with Crippen LogP contribution in [0.3, 0.4) is 0 Å². The first-order chi connectivity index (χ1) is 9.69. The van der Waals surface area contributed by atoms with Crippen molar-refractivity contribution in [2.24, 2.45) is 5.73 Å². The van der Waals surface area contributed by atoms with Crippen LogP contribution in [0.4, 0.5) is 0 Å². The molecule has 4 nitrogen and oxygen atoms in total. The zero-order chi connectivity index (χ0) is 14.1. The number of nitrogens with zero attached hydrogens (tertiary/aromatic N) is 2. The SMILES string of the molecule is Cc1ccc(Oc2nc3sccn3c2CCN)c(C)c1. The predicted molar refractivity (Wildman–Crippen MR) is 81.8 cm³/mol. The molecule has 0 bridgehead atoms. The maximum Gasteiger partial charge on any atom is 0.242 e. The van der Waals surface area contributed by atoms with E-state index in [1.807, 2.05) is 30.6 Å². The van der Waals surface area contributed by atoms with Gasteiger partial charge in [-0.25, -0.2) is 0 Å². The van der Waals surface area contributed by atoms with Crippen molar-refractivity contribution in [3.05, 3.63) is 46.6 Å². The fourth-order valence-corrected chi connectivity index (χ4v) is 3.00. The molecule has 0 aliphatic carbocycles. The molecule has 0 unspecified atom stereocenters. The maximum absolute atomic E-state index is 6.01. The Morgan fingerprint density at radius 3 is 2.95 bits per heavy atom. The molecular weight excluding hydrogens is 270 g/mol. The van der Waals surface area contributed by atoms with E-state index in [0.717, 1.165) is 28.4 Å². The molecule has 1 aromatic carbocycles. The van der Waals surface area contributed by atoms with Crippen LogP contribution in [0.25, 0.3) is 4.96 Å². The van der Waals surface area contributed by atoms with Gasteiger partial charge in [0, 0.05) is 18.0 Å². The Bertz CT molecular complexity index is 745. The van der Waals surface area contributed by atoms with E-state index < -0.39 is 0 Å².